The van der Waals surface area contributed by atoms with Crippen LogP contribution >= 0.6 is 23.2 Å². The summed E-state index contributed by atoms with van der Waals surface area (Å²) >= 11 is 11.5. The van der Waals surface area contributed by atoms with Gasteiger partial charge in [-0.2, -0.15) is 0 Å². The molecule has 0 aliphatic carbocycles. The molecule has 1 N–H and O–H groups in total. The van der Waals surface area contributed by atoms with Crippen molar-refractivity contribution in [3.05, 3.63) is 45.4 Å². The average Bonchev–Trinajstić information content (AvgIpc) is 2.97. The van der Waals surface area contributed by atoms with Crippen molar-refractivity contribution < 1.29 is 4.55 Å². The molecule has 1 heterocycles. The van der Waals surface area contributed by atoms with Gasteiger partial charge in [-0.15, -0.1) is 0 Å². The highest BCUT2D eigenvalue weighted by Crippen LogP contribution is 2.37. The highest BCUT2D eigenvalue weighted by molar-refractivity contribution is 7.90. The van der Waals surface area contributed by atoms with Crippen LogP contribution in [0.1, 0.15) is 43.7 Å². The van der Waals surface area contributed by atoms with Crippen LogP contribution in [-0.4, -0.2) is 20.4 Å². The number of hydrogen-bond acceptors (Lipinski definition) is 3. The normalized spacial score (nSPS) is 12.8. The number of halogens is 2. The number of rotatable bonds is 6. The number of imidazole rings is 1. The van der Waals surface area contributed by atoms with Crippen LogP contribution in [0.3, 0.4) is 0 Å². The fourth-order valence-corrected chi connectivity index (χ4v) is 5.02. The Hall–Kier alpha value is -1.40. The smallest absolute Gasteiger partial charge is 0.208 e. The minimum absolute atomic E-state index is 0.444. The molecule has 0 spiro atoms. The minimum atomic E-state index is -1.19. The molecule has 0 aliphatic rings. The first-order valence-electron chi connectivity index (χ1n) is 9.33. The molecule has 1 aromatic heterocycles. The molecule has 0 bridgehead atoms. The lowest BCUT2D eigenvalue weighted by molar-refractivity contribution is 0.601. The second-order valence-electron chi connectivity index (χ2n) is 7.02. The highest BCUT2D eigenvalue weighted by atomic mass is 35.5. The van der Waals surface area contributed by atoms with Crippen molar-refractivity contribution in [1.29, 1.82) is 0 Å². The molecular weight excluding hydrogens is 413 g/mol. The fraction of sp³-hybridized carbons (Fsp3) is 0.381. The first kappa shape index (κ1) is 21.3. The Kier molecular flexibility index (Phi) is 6.50. The number of benzene rings is 2. The third kappa shape index (κ3) is 3.86. The van der Waals surface area contributed by atoms with E-state index in [-0.39, 0.29) is 0 Å². The Morgan fingerprint density at radius 1 is 1.21 bits per heavy atom. The second kappa shape index (κ2) is 8.54. The van der Waals surface area contributed by atoms with Gasteiger partial charge in [-0.25, -0.2) is 4.98 Å². The molecule has 4 nitrogen and oxygen atoms in total. The Morgan fingerprint density at radius 2 is 1.89 bits per heavy atom. The van der Waals surface area contributed by atoms with E-state index in [4.69, 9.17) is 28.2 Å². The minimum Gasteiger partial charge on any atom is -0.612 e. The predicted octanol–water partition coefficient (Wildman–Crippen LogP) is 6.57. The monoisotopic (exact) mass is 437 g/mol. The van der Waals surface area contributed by atoms with Crippen molar-refractivity contribution >= 4 is 57.0 Å². The molecule has 150 valence electrons. The van der Waals surface area contributed by atoms with Gasteiger partial charge in [0.05, 0.1) is 16.2 Å². The van der Waals surface area contributed by atoms with Crippen LogP contribution in [0.5, 0.6) is 0 Å². The van der Waals surface area contributed by atoms with E-state index < -0.39 is 11.2 Å². The largest absolute Gasteiger partial charge is 0.612 e. The van der Waals surface area contributed by atoms with Crippen molar-refractivity contribution in [1.82, 2.24) is 9.55 Å². The van der Waals surface area contributed by atoms with Crippen molar-refractivity contribution in [2.24, 2.45) is 7.05 Å². The molecule has 0 fully saturated rings. The van der Waals surface area contributed by atoms with E-state index in [1.807, 2.05) is 30.7 Å². The van der Waals surface area contributed by atoms with Gasteiger partial charge in [0.25, 0.3) is 0 Å². The maximum absolute atomic E-state index is 12.3. The summed E-state index contributed by atoms with van der Waals surface area (Å²) in [5, 5.41) is 4.57. The maximum atomic E-state index is 12.3. The Bertz CT molecular complexity index is 1010. The van der Waals surface area contributed by atoms with Crippen LogP contribution in [0.2, 0.25) is 10.0 Å². The van der Waals surface area contributed by atoms with E-state index in [0.29, 0.717) is 26.8 Å². The van der Waals surface area contributed by atoms with Gasteiger partial charge in [0.1, 0.15) is 11.8 Å². The highest BCUT2D eigenvalue weighted by Gasteiger charge is 2.22. The quantitative estimate of drug-likeness (QED) is 0.443. The van der Waals surface area contributed by atoms with Gasteiger partial charge in [0, 0.05) is 18.1 Å². The standard InChI is InChI=1S/C21H25Cl2N3OS/c1-6-13(7-2)15-8-9-16(23)19-20(15)26(4)21(25-19)24-18-12(3)10-14(22)11-17(18)28(5)27/h8-11,13H,6-7H2,1-5H3,(H,24,25). The summed E-state index contributed by atoms with van der Waals surface area (Å²) in [6, 6.07) is 7.62. The number of nitrogens with zero attached hydrogens (tertiary/aromatic N) is 2. The van der Waals surface area contributed by atoms with E-state index in [2.05, 4.69) is 25.2 Å². The van der Waals surface area contributed by atoms with Crippen molar-refractivity contribution in [2.75, 3.05) is 11.6 Å². The molecule has 0 amide bonds. The summed E-state index contributed by atoms with van der Waals surface area (Å²) in [6.45, 7) is 6.34. The van der Waals surface area contributed by atoms with Gasteiger partial charge in [-0.3, -0.25) is 0 Å². The lowest BCUT2D eigenvalue weighted by Crippen LogP contribution is -2.08. The summed E-state index contributed by atoms with van der Waals surface area (Å²) in [6.07, 6.45) is 3.75. The van der Waals surface area contributed by atoms with Gasteiger partial charge in [0.15, 0.2) is 4.90 Å². The van der Waals surface area contributed by atoms with E-state index in [9.17, 15) is 4.55 Å². The predicted molar refractivity (Wildman–Crippen MR) is 121 cm³/mol. The zero-order chi connectivity index (χ0) is 20.6. The molecule has 0 saturated carbocycles. The summed E-state index contributed by atoms with van der Waals surface area (Å²) in [5.74, 6) is 1.10. The second-order valence-corrected chi connectivity index (χ2v) is 9.21. The average molecular weight is 438 g/mol. The molecule has 7 heteroatoms. The van der Waals surface area contributed by atoms with Crippen LogP contribution in [0.4, 0.5) is 11.6 Å². The zero-order valence-electron chi connectivity index (χ0n) is 16.8. The Balaban J connectivity index is 2.18. The van der Waals surface area contributed by atoms with Crippen LogP contribution < -0.4 is 5.32 Å². The molecule has 0 saturated heterocycles. The third-order valence-corrected chi connectivity index (χ3v) is 6.70. The first-order valence-corrected chi connectivity index (χ1v) is 11.6. The summed E-state index contributed by atoms with van der Waals surface area (Å²) in [7, 11) is 1.98. The van der Waals surface area contributed by atoms with Gasteiger partial charge in [-0.1, -0.05) is 43.1 Å². The van der Waals surface area contributed by atoms with E-state index >= 15 is 0 Å². The maximum Gasteiger partial charge on any atom is 0.208 e. The molecule has 1 unspecified atom stereocenters. The van der Waals surface area contributed by atoms with Crippen LogP contribution in [-0.2, 0) is 18.2 Å². The first-order chi connectivity index (χ1) is 13.3. The summed E-state index contributed by atoms with van der Waals surface area (Å²) < 4.78 is 14.3. The van der Waals surface area contributed by atoms with Gasteiger partial charge in [0.2, 0.25) is 5.95 Å². The molecule has 28 heavy (non-hydrogen) atoms. The Morgan fingerprint density at radius 3 is 2.50 bits per heavy atom. The van der Waals surface area contributed by atoms with Gasteiger partial charge >= 0.3 is 0 Å². The third-order valence-electron chi connectivity index (χ3n) is 5.24. The van der Waals surface area contributed by atoms with Gasteiger partial charge < -0.3 is 14.4 Å². The summed E-state index contributed by atoms with van der Waals surface area (Å²) in [5.41, 5.74) is 4.75. The number of anilines is 2. The molecule has 2 aromatic carbocycles. The number of aryl methyl sites for hydroxylation is 2. The SMILES string of the molecule is CCC(CC)c1ccc(Cl)c2nc(Nc3c(C)cc(Cl)cc3[S+](C)[O-])n(C)c12. The summed E-state index contributed by atoms with van der Waals surface area (Å²) in [4.78, 5) is 5.43. The van der Waals surface area contributed by atoms with Crippen LogP contribution in [0.15, 0.2) is 29.2 Å². The molecule has 1 atom stereocenters. The number of hydrogen-bond donors (Lipinski definition) is 1. The lowest BCUT2D eigenvalue weighted by atomic mass is 9.93. The molecule has 0 radical (unpaired) electrons. The van der Waals surface area contributed by atoms with E-state index in [1.165, 1.54) is 5.56 Å². The molecule has 3 aromatic rings. The topological polar surface area (TPSA) is 52.9 Å². The van der Waals surface area contributed by atoms with Crippen molar-refractivity contribution in [3.63, 3.8) is 0 Å². The van der Waals surface area contributed by atoms with Crippen molar-refractivity contribution in [2.45, 2.75) is 44.4 Å². The number of fused-ring (bicyclic) bond motifs is 1. The van der Waals surface area contributed by atoms with Gasteiger partial charge in [-0.05, 0) is 60.1 Å². The van der Waals surface area contributed by atoms with Crippen LogP contribution in [0.25, 0.3) is 11.0 Å². The lowest BCUT2D eigenvalue weighted by Gasteiger charge is -2.17. The van der Waals surface area contributed by atoms with Crippen LogP contribution in [0, 0.1) is 6.92 Å². The number of aromatic nitrogens is 2. The molecule has 3 rings (SSSR count). The van der Waals surface area contributed by atoms with E-state index in [0.717, 1.165) is 35.1 Å². The Labute approximate surface area is 179 Å². The molecule has 0 aliphatic heterocycles. The molecular formula is C21H25Cl2N3OS. The zero-order valence-corrected chi connectivity index (χ0v) is 19.1. The van der Waals surface area contributed by atoms with E-state index in [1.54, 1.807) is 12.3 Å². The number of nitrogens with one attached hydrogen (secondary N) is 1. The van der Waals surface area contributed by atoms with Crippen molar-refractivity contribution in [3.8, 4) is 0 Å². The fourth-order valence-electron chi connectivity index (χ4n) is 3.70.